The van der Waals surface area contributed by atoms with E-state index in [9.17, 15) is 4.79 Å². The van der Waals surface area contributed by atoms with E-state index in [0.717, 1.165) is 45.1 Å². The lowest BCUT2D eigenvalue weighted by atomic mass is 10.1. The van der Waals surface area contributed by atoms with E-state index in [2.05, 4.69) is 23.6 Å². The molecule has 2 fully saturated rings. The highest BCUT2D eigenvalue weighted by Gasteiger charge is 2.32. The van der Waals surface area contributed by atoms with Gasteiger partial charge in [0, 0.05) is 39.3 Å². The maximum atomic E-state index is 10.8. The predicted octanol–water partition coefficient (Wildman–Crippen LogP) is 0.892. The zero-order valence-electron chi connectivity index (χ0n) is 12.0. The number of aliphatic carboxylic acids is 1. The number of piperazine rings is 1. The van der Waals surface area contributed by atoms with Crippen LogP contribution in [-0.2, 0) is 9.53 Å². The third-order valence-electron chi connectivity index (χ3n) is 3.93. The van der Waals surface area contributed by atoms with Gasteiger partial charge in [-0.15, -0.1) is 0 Å². The molecule has 2 rings (SSSR count). The molecule has 5 heteroatoms. The number of carboxylic acid groups (broad SMARTS) is 1. The first-order valence-corrected chi connectivity index (χ1v) is 7.37. The van der Waals surface area contributed by atoms with Gasteiger partial charge in [-0.3, -0.25) is 4.90 Å². The van der Waals surface area contributed by atoms with E-state index < -0.39 is 12.1 Å². The summed E-state index contributed by atoms with van der Waals surface area (Å²) in [5.41, 5.74) is 0. The molecule has 0 amide bonds. The Hall–Kier alpha value is -0.650. The summed E-state index contributed by atoms with van der Waals surface area (Å²) in [6.45, 7) is 11.0. The van der Waals surface area contributed by atoms with Crippen LogP contribution >= 0.6 is 0 Å². The molecule has 0 spiro atoms. The Morgan fingerprint density at radius 2 is 1.84 bits per heavy atom. The number of nitrogens with zero attached hydrogens (tertiary/aromatic N) is 2. The first-order valence-electron chi connectivity index (χ1n) is 7.37. The highest BCUT2D eigenvalue weighted by molar-refractivity contribution is 5.72. The zero-order chi connectivity index (χ0) is 13.8. The van der Waals surface area contributed by atoms with Crippen molar-refractivity contribution in [3.63, 3.8) is 0 Å². The van der Waals surface area contributed by atoms with Gasteiger partial charge >= 0.3 is 5.97 Å². The molecule has 0 aromatic rings. The highest BCUT2D eigenvalue weighted by Crippen LogP contribution is 2.21. The van der Waals surface area contributed by atoms with Gasteiger partial charge < -0.3 is 14.7 Å². The van der Waals surface area contributed by atoms with Gasteiger partial charge in [0.25, 0.3) is 0 Å². The summed E-state index contributed by atoms with van der Waals surface area (Å²) < 4.78 is 5.56. The molecule has 0 radical (unpaired) electrons. The summed E-state index contributed by atoms with van der Waals surface area (Å²) in [5, 5.41) is 8.91. The van der Waals surface area contributed by atoms with E-state index in [1.54, 1.807) is 0 Å². The monoisotopic (exact) mass is 270 g/mol. The van der Waals surface area contributed by atoms with E-state index in [1.807, 2.05) is 0 Å². The van der Waals surface area contributed by atoms with Crippen LogP contribution < -0.4 is 0 Å². The average molecular weight is 270 g/mol. The van der Waals surface area contributed by atoms with Crippen molar-refractivity contribution in [2.24, 2.45) is 5.92 Å². The van der Waals surface area contributed by atoms with Gasteiger partial charge in [-0.25, -0.2) is 4.79 Å². The van der Waals surface area contributed by atoms with E-state index in [-0.39, 0.29) is 6.10 Å². The van der Waals surface area contributed by atoms with Crippen molar-refractivity contribution in [2.75, 3.05) is 39.3 Å². The minimum absolute atomic E-state index is 0.109. The van der Waals surface area contributed by atoms with Crippen LogP contribution in [0.2, 0.25) is 0 Å². The van der Waals surface area contributed by atoms with Crippen LogP contribution in [0, 0.1) is 5.92 Å². The Bertz CT molecular complexity index is 301. The lowest BCUT2D eigenvalue weighted by Crippen LogP contribution is -2.49. The maximum Gasteiger partial charge on any atom is 0.332 e. The molecule has 0 saturated carbocycles. The molecule has 2 aliphatic heterocycles. The van der Waals surface area contributed by atoms with Crippen LogP contribution in [0.1, 0.15) is 26.7 Å². The van der Waals surface area contributed by atoms with Crippen molar-refractivity contribution in [3.8, 4) is 0 Å². The molecule has 2 atom stereocenters. The largest absolute Gasteiger partial charge is 0.479 e. The van der Waals surface area contributed by atoms with Gasteiger partial charge in [0.05, 0.1) is 6.10 Å². The molecule has 2 saturated heterocycles. The summed E-state index contributed by atoms with van der Waals surface area (Å²) in [4.78, 5) is 15.8. The van der Waals surface area contributed by atoms with Gasteiger partial charge in [-0.2, -0.15) is 0 Å². The SMILES string of the molecule is CC(C)CN1CCN(CC2CCC(C(=O)O)O2)CC1. The van der Waals surface area contributed by atoms with Crippen molar-refractivity contribution >= 4 is 5.97 Å². The molecule has 5 nitrogen and oxygen atoms in total. The molecule has 0 bridgehead atoms. The predicted molar refractivity (Wildman–Crippen MR) is 73.2 cm³/mol. The normalized spacial score (nSPS) is 30.1. The third-order valence-corrected chi connectivity index (χ3v) is 3.93. The first kappa shape index (κ1) is 14.8. The molecule has 19 heavy (non-hydrogen) atoms. The Labute approximate surface area is 115 Å². The van der Waals surface area contributed by atoms with Crippen molar-refractivity contribution in [1.29, 1.82) is 0 Å². The Morgan fingerprint density at radius 1 is 1.21 bits per heavy atom. The zero-order valence-corrected chi connectivity index (χ0v) is 12.0. The van der Waals surface area contributed by atoms with E-state index in [1.165, 1.54) is 6.54 Å². The molecule has 2 aliphatic rings. The molecule has 110 valence electrons. The second-order valence-electron chi connectivity index (χ2n) is 6.16. The van der Waals surface area contributed by atoms with Crippen LogP contribution in [0.15, 0.2) is 0 Å². The van der Waals surface area contributed by atoms with Gasteiger partial charge in [-0.05, 0) is 18.8 Å². The topological polar surface area (TPSA) is 53.0 Å². The Morgan fingerprint density at radius 3 is 2.37 bits per heavy atom. The van der Waals surface area contributed by atoms with Crippen molar-refractivity contribution < 1.29 is 14.6 Å². The van der Waals surface area contributed by atoms with Crippen LogP contribution in [-0.4, -0.2) is 72.4 Å². The maximum absolute atomic E-state index is 10.8. The van der Waals surface area contributed by atoms with Crippen LogP contribution in [0.25, 0.3) is 0 Å². The average Bonchev–Trinajstić information content (AvgIpc) is 2.80. The summed E-state index contributed by atoms with van der Waals surface area (Å²) in [6, 6.07) is 0. The molecular formula is C14H26N2O3. The number of hydrogen-bond donors (Lipinski definition) is 1. The smallest absolute Gasteiger partial charge is 0.332 e. The van der Waals surface area contributed by atoms with Crippen molar-refractivity contribution in [3.05, 3.63) is 0 Å². The van der Waals surface area contributed by atoms with Crippen molar-refractivity contribution in [1.82, 2.24) is 9.80 Å². The second-order valence-corrected chi connectivity index (χ2v) is 6.16. The fourth-order valence-electron chi connectivity index (χ4n) is 2.98. The fourth-order valence-corrected chi connectivity index (χ4v) is 2.98. The standard InChI is InChI=1S/C14H26N2O3/c1-11(2)9-15-5-7-16(8-6-15)10-12-3-4-13(19-12)14(17)18/h11-13H,3-10H2,1-2H3,(H,17,18). The molecular weight excluding hydrogens is 244 g/mol. The van der Waals surface area contributed by atoms with Crippen LogP contribution in [0.5, 0.6) is 0 Å². The lowest BCUT2D eigenvalue weighted by Gasteiger charge is -2.36. The first-order chi connectivity index (χ1) is 9.04. The van der Waals surface area contributed by atoms with E-state index in [0.29, 0.717) is 6.42 Å². The molecule has 1 N–H and O–H groups in total. The van der Waals surface area contributed by atoms with Gasteiger partial charge in [0.15, 0.2) is 6.10 Å². The number of rotatable bonds is 5. The number of hydrogen-bond acceptors (Lipinski definition) is 4. The Kier molecular flexibility index (Phi) is 5.19. The molecule has 0 aromatic heterocycles. The van der Waals surface area contributed by atoms with Gasteiger partial charge in [0.1, 0.15) is 0 Å². The molecule has 2 heterocycles. The Balaban J connectivity index is 1.67. The van der Waals surface area contributed by atoms with E-state index in [4.69, 9.17) is 9.84 Å². The van der Waals surface area contributed by atoms with Gasteiger partial charge in [-0.1, -0.05) is 13.8 Å². The van der Waals surface area contributed by atoms with Crippen LogP contribution in [0.4, 0.5) is 0 Å². The van der Waals surface area contributed by atoms with Crippen LogP contribution in [0.3, 0.4) is 0 Å². The second kappa shape index (κ2) is 6.68. The third kappa shape index (κ3) is 4.44. The summed E-state index contributed by atoms with van der Waals surface area (Å²) in [5.74, 6) is -0.0923. The summed E-state index contributed by atoms with van der Waals surface area (Å²) in [7, 11) is 0. The molecule has 0 aromatic carbocycles. The minimum atomic E-state index is -0.816. The number of carbonyl (C=O) groups is 1. The van der Waals surface area contributed by atoms with Gasteiger partial charge in [0.2, 0.25) is 0 Å². The minimum Gasteiger partial charge on any atom is -0.479 e. The molecule has 0 aliphatic carbocycles. The van der Waals surface area contributed by atoms with E-state index >= 15 is 0 Å². The summed E-state index contributed by atoms with van der Waals surface area (Å²) >= 11 is 0. The summed E-state index contributed by atoms with van der Waals surface area (Å²) in [6.07, 6.45) is 1.07. The fraction of sp³-hybridized carbons (Fsp3) is 0.929. The number of ether oxygens (including phenoxy) is 1. The van der Waals surface area contributed by atoms with Crippen molar-refractivity contribution in [2.45, 2.75) is 38.9 Å². The quantitative estimate of drug-likeness (QED) is 0.804. The highest BCUT2D eigenvalue weighted by atomic mass is 16.5. The molecule has 2 unspecified atom stereocenters. The number of carboxylic acids is 1. The lowest BCUT2D eigenvalue weighted by molar-refractivity contribution is -0.149.